The van der Waals surface area contributed by atoms with Crippen LogP contribution in [-0.2, 0) is 0 Å². The molecule has 1 amide bonds. The van der Waals surface area contributed by atoms with E-state index in [2.05, 4.69) is 10.3 Å². The van der Waals surface area contributed by atoms with Gasteiger partial charge in [0.25, 0.3) is 5.91 Å². The Morgan fingerprint density at radius 3 is 2.58 bits per heavy atom. The minimum Gasteiger partial charge on any atom is -0.324 e. The number of aliphatic imine (C=N–C) groups is 1. The van der Waals surface area contributed by atoms with E-state index in [0.29, 0.717) is 5.56 Å². The third-order valence-electron chi connectivity index (χ3n) is 2.84. The second kappa shape index (κ2) is 5.32. The molecule has 0 bridgehead atoms. The summed E-state index contributed by atoms with van der Waals surface area (Å²) in [4.78, 5) is 16.2. The molecule has 0 saturated heterocycles. The van der Waals surface area contributed by atoms with E-state index in [1.54, 1.807) is 11.8 Å². The van der Waals surface area contributed by atoms with E-state index in [1.165, 1.54) is 0 Å². The fourth-order valence-corrected chi connectivity index (χ4v) is 2.60. The van der Waals surface area contributed by atoms with Gasteiger partial charge in [-0.2, -0.15) is 0 Å². The number of hydrogen-bond acceptors (Lipinski definition) is 3. The van der Waals surface area contributed by atoms with Crippen LogP contribution in [0.1, 0.15) is 10.4 Å². The molecule has 2 heterocycles. The summed E-state index contributed by atoms with van der Waals surface area (Å²) in [5.74, 6) is 0.842. The molecule has 1 aromatic heterocycles. The van der Waals surface area contributed by atoms with Gasteiger partial charge in [-0.3, -0.25) is 9.79 Å². The van der Waals surface area contributed by atoms with Crippen LogP contribution in [0.5, 0.6) is 0 Å². The SMILES string of the molecule is O=C(NC1=NCCS1)c1ccc(-n2cccc2)cc1. The molecule has 0 atom stereocenters. The maximum atomic E-state index is 12.0. The molecule has 1 aromatic carbocycles. The van der Waals surface area contributed by atoms with Crippen LogP contribution in [0, 0.1) is 0 Å². The number of aromatic nitrogens is 1. The number of amides is 1. The molecule has 3 rings (SSSR count). The van der Waals surface area contributed by atoms with Crippen molar-refractivity contribution in [1.82, 2.24) is 9.88 Å². The van der Waals surface area contributed by atoms with Crippen LogP contribution in [-0.4, -0.2) is 27.9 Å². The zero-order valence-corrected chi connectivity index (χ0v) is 11.1. The van der Waals surface area contributed by atoms with E-state index >= 15 is 0 Å². The second-order valence-electron chi connectivity index (χ2n) is 4.13. The Morgan fingerprint density at radius 1 is 1.21 bits per heavy atom. The summed E-state index contributed by atoms with van der Waals surface area (Å²) < 4.78 is 2.00. The van der Waals surface area contributed by atoms with Crippen LogP contribution in [0.2, 0.25) is 0 Å². The summed E-state index contributed by atoms with van der Waals surface area (Å²) in [6.07, 6.45) is 3.94. The number of benzene rings is 1. The van der Waals surface area contributed by atoms with Crippen molar-refractivity contribution in [3.8, 4) is 5.69 Å². The van der Waals surface area contributed by atoms with Crippen LogP contribution >= 0.6 is 11.8 Å². The van der Waals surface area contributed by atoms with Crippen molar-refractivity contribution in [3.05, 3.63) is 54.4 Å². The summed E-state index contributed by atoms with van der Waals surface area (Å²) in [5.41, 5.74) is 1.68. The van der Waals surface area contributed by atoms with Crippen molar-refractivity contribution in [2.75, 3.05) is 12.3 Å². The third-order valence-corrected chi connectivity index (χ3v) is 3.73. The summed E-state index contributed by atoms with van der Waals surface area (Å²) >= 11 is 1.58. The first-order valence-electron chi connectivity index (χ1n) is 6.05. The van der Waals surface area contributed by atoms with E-state index in [-0.39, 0.29) is 5.91 Å². The van der Waals surface area contributed by atoms with Crippen molar-refractivity contribution in [2.45, 2.75) is 0 Å². The highest BCUT2D eigenvalue weighted by atomic mass is 32.2. The lowest BCUT2D eigenvalue weighted by molar-refractivity contribution is 0.0978. The van der Waals surface area contributed by atoms with Crippen LogP contribution in [0.3, 0.4) is 0 Å². The van der Waals surface area contributed by atoms with Crippen molar-refractivity contribution in [1.29, 1.82) is 0 Å². The van der Waals surface area contributed by atoms with Crippen molar-refractivity contribution in [2.24, 2.45) is 4.99 Å². The highest BCUT2D eigenvalue weighted by Crippen LogP contribution is 2.12. The predicted molar refractivity (Wildman–Crippen MR) is 78.0 cm³/mol. The number of carbonyl (C=O) groups is 1. The van der Waals surface area contributed by atoms with E-state index < -0.39 is 0 Å². The van der Waals surface area contributed by atoms with Gasteiger partial charge < -0.3 is 9.88 Å². The number of rotatable bonds is 2. The van der Waals surface area contributed by atoms with Gasteiger partial charge in [-0.05, 0) is 36.4 Å². The largest absolute Gasteiger partial charge is 0.324 e. The van der Waals surface area contributed by atoms with Crippen LogP contribution in [0.25, 0.3) is 5.69 Å². The lowest BCUT2D eigenvalue weighted by Gasteiger charge is -2.06. The highest BCUT2D eigenvalue weighted by molar-refractivity contribution is 8.14. The van der Waals surface area contributed by atoms with Gasteiger partial charge in [0.15, 0.2) is 5.17 Å². The van der Waals surface area contributed by atoms with Gasteiger partial charge in [0.1, 0.15) is 0 Å². The Balaban J connectivity index is 1.73. The number of nitrogens with one attached hydrogen (secondary N) is 1. The standard InChI is InChI=1S/C14H13N3OS/c18-13(16-14-15-7-10-19-14)11-3-5-12(6-4-11)17-8-1-2-9-17/h1-6,8-9H,7,10H2,(H,15,16,18). The summed E-state index contributed by atoms with van der Waals surface area (Å²) in [5, 5.41) is 3.54. The molecular weight excluding hydrogens is 258 g/mol. The Labute approximate surface area is 115 Å². The monoisotopic (exact) mass is 271 g/mol. The molecule has 0 radical (unpaired) electrons. The Bertz CT molecular complexity index is 602. The van der Waals surface area contributed by atoms with Gasteiger partial charge in [0.05, 0.1) is 6.54 Å². The van der Waals surface area contributed by atoms with E-state index in [4.69, 9.17) is 0 Å². The second-order valence-corrected chi connectivity index (χ2v) is 5.21. The van der Waals surface area contributed by atoms with Gasteiger partial charge >= 0.3 is 0 Å². The van der Waals surface area contributed by atoms with Gasteiger partial charge in [0.2, 0.25) is 0 Å². The normalized spacial score (nSPS) is 14.2. The van der Waals surface area contributed by atoms with E-state index in [1.807, 2.05) is 53.4 Å². The van der Waals surface area contributed by atoms with Crippen molar-refractivity contribution >= 4 is 22.8 Å². The van der Waals surface area contributed by atoms with Gasteiger partial charge in [-0.15, -0.1) is 0 Å². The van der Waals surface area contributed by atoms with Crippen LogP contribution in [0.4, 0.5) is 0 Å². The minimum absolute atomic E-state index is 0.104. The summed E-state index contributed by atoms with van der Waals surface area (Å²) in [7, 11) is 0. The number of thioether (sulfide) groups is 1. The molecule has 4 nitrogen and oxygen atoms in total. The van der Waals surface area contributed by atoms with Crippen LogP contribution in [0.15, 0.2) is 53.8 Å². The first-order valence-corrected chi connectivity index (χ1v) is 7.03. The number of carbonyl (C=O) groups excluding carboxylic acids is 1. The van der Waals surface area contributed by atoms with Gasteiger partial charge in [-0.25, -0.2) is 0 Å². The molecule has 0 aliphatic carbocycles. The van der Waals surface area contributed by atoms with E-state index in [9.17, 15) is 4.79 Å². The number of hydrogen-bond donors (Lipinski definition) is 1. The lowest BCUT2D eigenvalue weighted by Crippen LogP contribution is -2.27. The lowest BCUT2D eigenvalue weighted by atomic mass is 10.2. The Kier molecular flexibility index (Phi) is 3.37. The molecule has 0 unspecified atom stereocenters. The molecule has 1 aliphatic rings. The zero-order valence-electron chi connectivity index (χ0n) is 10.2. The van der Waals surface area contributed by atoms with E-state index in [0.717, 1.165) is 23.2 Å². The van der Waals surface area contributed by atoms with Crippen LogP contribution < -0.4 is 5.32 Å². The third kappa shape index (κ3) is 2.71. The minimum atomic E-state index is -0.104. The summed E-state index contributed by atoms with van der Waals surface area (Å²) in [6.45, 7) is 0.785. The zero-order chi connectivity index (χ0) is 13.1. The molecule has 0 fully saturated rings. The molecule has 19 heavy (non-hydrogen) atoms. The average Bonchev–Trinajstić information content (AvgIpc) is 3.12. The first-order chi connectivity index (χ1) is 9.33. The molecular formula is C14H13N3OS. The number of nitrogens with zero attached hydrogens (tertiary/aromatic N) is 2. The smallest absolute Gasteiger partial charge is 0.257 e. The first kappa shape index (κ1) is 12.0. The quantitative estimate of drug-likeness (QED) is 0.911. The highest BCUT2D eigenvalue weighted by Gasteiger charge is 2.12. The maximum Gasteiger partial charge on any atom is 0.257 e. The summed E-state index contributed by atoms with van der Waals surface area (Å²) in [6, 6.07) is 11.4. The molecule has 0 spiro atoms. The Morgan fingerprint density at radius 2 is 1.95 bits per heavy atom. The Hall–Kier alpha value is -2.01. The molecule has 1 aliphatic heterocycles. The molecule has 96 valence electrons. The molecule has 2 aromatic rings. The topological polar surface area (TPSA) is 46.4 Å². The fraction of sp³-hybridized carbons (Fsp3) is 0.143. The number of amidine groups is 1. The average molecular weight is 271 g/mol. The van der Waals surface area contributed by atoms with Gasteiger partial charge in [-0.1, -0.05) is 11.8 Å². The van der Waals surface area contributed by atoms with Crippen molar-refractivity contribution < 1.29 is 4.79 Å². The fourth-order valence-electron chi connectivity index (χ4n) is 1.87. The molecule has 0 saturated carbocycles. The van der Waals surface area contributed by atoms with Gasteiger partial charge in [0, 0.05) is 29.4 Å². The molecule has 5 heteroatoms. The maximum absolute atomic E-state index is 12.0. The van der Waals surface area contributed by atoms with Crippen molar-refractivity contribution in [3.63, 3.8) is 0 Å². The molecule has 1 N–H and O–H groups in total. The predicted octanol–water partition coefficient (Wildman–Crippen LogP) is 2.31.